The van der Waals surface area contributed by atoms with Crippen LogP contribution in [0.2, 0.25) is 0 Å². The Balaban J connectivity index is 2.17. The molecule has 1 aromatic heterocycles. The van der Waals surface area contributed by atoms with Gasteiger partial charge in [-0.3, -0.25) is 0 Å². The summed E-state index contributed by atoms with van der Waals surface area (Å²) in [4.78, 5) is 0. The summed E-state index contributed by atoms with van der Waals surface area (Å²) in [6.45, 7) is 0. The molecular formula is C15H13NO2. The predicted octanol–water partition coefficient (Wildman–Crippen LogP) is 3.10. The lowest BCUT2D eigenvalue weighted by molar-refractivity contribution is 0.221. The van der Waals surface area contributed by atoms with Crippen molar-refractivity contribution in [3.8, 4) is 0 Å². The highest BCUT2D eigenvalue weighted by atomic mass is 16.3. The molecule has 0 amide bonds. The molecule has 1 atom stereocenters. The molecule has 2 aromatic carbocycles. The molecule has 1 unspecified atom stereocenters. The fraction of sp³-hybridized carbons (Fsp3) is 0.0667. The number of aliphatic hydroxyl groups is 1. The number of furan rings is 1. The van der Waals surface area contributed by atoms with Crippen LogP contribution in [0.15, 0.2) is 59.0 Å². The Morgan fingerprint density at radius 3 is 2.39 bits per heavy atom. The molecule has 1 heterocycles. The number of anilines is 1. The number of nitrogen functional groups attached to an aromatic ring is 1. The van der Waals surface area contributed by atoms with Gasteiger partial charge in [-0.15, -0.1) is 0 Å². The molecule has 3 heteroatoms. The van der Waals surface area contributed by atoms with Crippen molar-refractivity contribution in [1.29, 1.82) is 0 Å². The first-order valence-corrected chi connectivity index (χ1v) is 5.77. The number of fused-ring (bicyclic) bond motifs is 1. The van der Waals surface area contributed by atoms with Gasteiger partial charge in [0.25, 0.3) is 0 Å². The van der Waals surface area contributed by atoms with Crippen LogP contribution in [0.4, 0.5) is 5.88 Å². The third-order valence-electron chi connectivity index (χ3n) is 3.05. The molecule has 3 aromatic rings. The second-order valence-corrected chi connectivity index (χ2v) is 4.19. The summed E-state index contributed by atoms with van der Waals surface area (Å²) in [5.74, 6) is 0.271. The number of para-hydroxylation sites is 1. The van der Waals surface area contributed by atoms with E-state index in [-0.39, 0.29) is 5.88 Å². The van der Waals surface area contributed by atoms with E-state index in [9.17, 15) is 5.11 Å². The highest BCUT2D eigenvalue weighted by molar-refractivity contribution is 5.86. The first-order valence-electron chi connectivity index (χ1n) is 5.77. The number of rotatable bonds is 2. The number of hydrogen-bond acceptors (Lipinski definition) is 3. The fourth-order valence-electron chi connectivity index (χ4n) is 2.17. The highest BCUT2D eigenvalue weighted by Crippen LogP contribution is 2.35. The molecule has 0 radical (unpaired) electrons. The summed E-state index contributed by atoms with van der Waals surface area (Å²) in [7, 11) is 0. The van der Waals surface area contributed by atoms with Gasteiger partial charge in [0.1, 0.15) is 11.7 Å². The Morgan fingerprint density at radius 1 is 0.944 bits per heavy atom. The molecule has 0 aliphatic heterocycles. The maximum atomic E-state index is 10.4. The average molecular weight is 239 g/mol. The SMILES string of the molecule is Nc1oc2ccccc2c1C(O)c1ccccc1. The quantitative estimate of drug-likeness (QED) is 0.722. The smallest absolute Gasteiger partial charge is 0.197 e. The minimum atomic E-state index is -0.769. The molecule has 0 aliphatic carbocycles. The van der Waals surface area contributed by atoms with Gasteiger partial charge < -0.3 is 15.3 Å². The third-order valence-corrected chi connectivity index (χ3v) is 3.05. The van der Waals surface area contributed by atoms with Gasteiger partial charge in [0.2, 0.25) is 0 Å². The highest BCUT2D eigenvalue weighted by Gasteiger charge is 2.20. The lowest BCUT2D eigenvalue weighted by Crippen LogP contribution is -2.01. The van der Waals surface area contributed by atoms with Crippen LogP contribution >= 0.6 is 0 Å². The van der Waals surface area contributed by atoms with E-state index in [2.05, 4.69) is 0 Å². The van der Waals surface area contributed by atoms with Crippen molar-refractivity contribution in [2.24, 2.45) is 0 Å². The van der Waals surface area contributed by atoms with Crippen LogP contribution < -0.4 is 5.73 Å². The van der Waals surface area contributed by atoms with Crippen molar-refractivity contribution in [2.75, 3.05) is 5.73 Å². The molecule has 0 fully saturated rings. The zero-order chi connectivity index (χ0) is 12.5. The number of aliphatic hydroxyl groups excluding tert-OH is 1. The Labute approximate surface area is 104 Å². The van der Waals surface area contributed by atoms with Gasteiger partial charge in [0.15, 0.2) is 5.88 Å². The Kier molecular flexibility index (Phi) is 2.54. The van der Waals surface area contributed by atoms with E-state index in [0.717, 1.165) is 10.9 Å². The fourth-order valence-corrected chi connectivity index (χ4v) is 2.17. The normalized spacial score (nSPS) is 12.7. The number of hydrogen-bond donors (Lipinski definition) is 2. The number of nitrogens with two attached hydrogens (primary N) is 1. The van der Waals surface area contributed by atoms with Crippen LogP contribution in [0.3, 0.4) is 0 Å². The minimum absolute atomic E-state index is 0.271. The molecule has 0 bridgehead atoms. The maximum absolute atomic E-state index is 10.4. The molecule has 3 nitrogen and oxygen atoms in total. The second kappa shape index (κ2) is 4.20. The average Bonchev–Trinajstić information content (AvgIpc) is 2.75. The van der Waals surface area contributed by atoms with E-state index in [1.165, 1.54) is 0 Å². The largest absolute Gasteiger partial charge is 0.441 e. The minimum Gasteiger partial charge on any atom is -0.441 e. The Morgan fingerprint density at radius 2 is 1.61 bits per heavy atom. The van der Waals surface area contributed by atoms with E-state index < -0.39 is 6.10 Å². The van der Waals surface area contributed by atoms with Gasteiger partial charge in [0, 0.05) is 5.39 Å². The maximum Gasteiger partial charge on any atom is 0.197 e. The van der Waals surface area contributed by atoms with E-state index in [0.29, 0.717) is 11.1 Å². The predicted molar refractivity (Wildman–Crippen MR) is 71.1 cm³/mol. The van der Waals surface area contributed by atoms with Gasteiger partial charge in [-0.05, 0) is 11.6 Å². The summed E-state index contributed by atoms with van der Waals surface area (Å²) >= 11 is 0. The molecule has 0 saturated heterocycles. The molecule has 90 valence electrons. The van der Waals surface area contributed by atoms with Gasteiger partial charge in [-0.1, -0.05) is 48.5 Å². The van der Waals surface area contributed by atoms with Crippen molar-refractivity contribution in [2.45, 2.75) is 6.10 Å². The molecule has 0 saturated carbocycles. The zero-order valence-electron chi connectivity index (χ0n) is 9.71. The van der Waals surface area contributed by atoms with Crippen molar-refractivity contribution >= 4 is 16.9 Å². The van der Waals surface area contributed by atoms with Gasteiger partial charge in [0.05, 0.1) is 5.56 Å². The standard InChI is InChI=1S/C15H13NO2/c16-15-13(11-8-4-5-9-12(11)18-15)14(17)10-6-2-1-3-7-10/h1-9,14,17H,16H2. The van der Waals surface area contributed by atoms with Crippen LogP contribution in [0, 0.1) is 0 Å². The van der Waals surface area contributed by atoms with Crippen LogP contribution in [0.5, 0.6) is 0 Å². The lowest BCUT2D eigenvalue weighted by Gasteiger charge is -2.10. The summed E-state index contributed by atoms with van der Waals surface area (Å²) in [6.07, 6.45) is -0.769. The molecular weight excluding hydrogens is 226 g/mol. The van der Waals surface area contributed by atoms with E-state index >= 15 is 0 Å². The van der Waals surface area contributed by atoms with E-state index in [4.69, 9.17) is 10.2 Å². The first-order chi connectivity index (χ1) is 8.77. The van der Waals surface area contributed by atoms with E-state index in [1.807, 2.05) is 54.6 Å². The molecule has 3 N–H and O–H groups in total. The van der Waals surface area contributed by atoms with Crippen molar-refractivity contribution in [3.63, 3.8) is 0 Å². The molecule has 18 heavy (non-hydrogen) atoms. The van der Waals surface area contributed by atoms with Gasteiger partial charge >= 0.3 is 0 Å². The molecule has 0 spiro atoms. The van der Waals surface area contributed by atoms with Crippen LogP contribution in [0.25, 0.3) is 11.0 Å². The number of benzene rings is 2. The Hall–Kier alpha value is -2.26. The topological polar surface area (TPSA) is 59.4 Å². The van der Waals surface area contributed by atoms with Gasteiger partial charge in [-0.25, -0.2) is 0 Å². The van der Waals surface area contributed by atoms with Crippen molar-refractivity contribution < 1.29 is 9.52 Å². The monoisotopic (exact) mass is 239 g/mol. The molecule has 3 rings (SSSR count). The van der Waals surface area contributed by atoms with Crippen LogP contribution in [-0.4, -0.2) is 5.11 Å². The summed E-state index contributed by atoms with van der Waals surface area (Å²) in [5, 5.41) is 11.3. The zero-order valence-corrected chi connectivity index (χ0v) is 9.71. The van der Waals surface area contributed by atoms with Crippen LogP contribution in [0.1, 0.15) is 17.2 Å². The first kappa shape index (κ1) is 10.9. The van der Waals surface area contributed by atoms with Crippen LogP contribution in [-0.2, 0) is 0 Å². The third kappa shape index (κ3) is 1.65. The molecule has 0 aliphatic rings. The Bertz CT molecular complexity index is 673. The second-order valence-electron chi connectivity index (χ2n) is 4.19. The van der Waals surface area contributed by atoms with Crippen molar-refractivity contribution in [1.82, 2.24) is 0 Å². The summed E-state index contributed by atoms with van der Waals surface area (Å²) < 4.78 is 5.46. The van der Waals surface area contributed by atoms with Gasteiger partial charge in [-0.2, -0.15) is 0 Å². The summed E-state index contributed by atoms with van der Waals surface area (Å²) in [5.41, 5.74) is 8.00. The van der Waals surface area contributed by atoms with Crippen molar-refractivity contribution in [3.05, 3.63) is 65.7 Å². The van der Waals surface area contributed by atoms with E-state index in [1.54, 1.807) is 0 Å². The summed E-state index contributed by atoms with van der Waals surface area (Å²) in [6, 6.07) is 16.9. The lowest BCUT2D eigenvalue weighted by atomic mass is 10.0.